The van der Waals surface area contributed by atoms with Gasteiger partial charge in [0.15, 0.2) is 0 Å². The fourth-order valence-corrected chi connectivity index (χ4v) is 2.14. The Bertz CT molecular complexity index is 616. The molecule has 2 aromatic rings. The first kappa shape index (κ1) is 14.1. The van der Waals surface area contributed by atoms with Crippen molar-refractivity contribution in [2.24, 2.45) is 5.73 Å². The van der Waals surface area contributed by atoms with Crippen LogP contribution < -0.4 is 10.5 Å². The Labute approximate surface area is 127 Å². The van der Waals surface area contributed by atoms with Crippen molar-refractivity contribution in [1.82, 2.24) is 0 Å². The van der Waals surface area contributed by atoms with Crippen LogP contribution in [0, 0.1) is 0 Å². The third-order valence-electron chi connectivity index (χ3n) is 2.54. The minimum atomic E-state index is 0.299. The van der Waals surface area contributed by atoms with Gasteiger partial charge in [0.1, 0.15) is 17.3 Å². The lowest BCUT2D eigenvalue weighted by Gasteiger charge is -2.11. The molecule has 5 heteroatoms. The number of hydrogen-bond acceptors (Lipinski definition) is 2. The third-order valence-corrected chi connectivity index (χ3v) is 3.37. The molecule has 19 heavy (non-hydrogen) atoms. The summed E-state index contributed by atoms with van der Waals surface area (Å²) in [6.45, 7) is 0.305. The zero-order valence-electron chi connectivity index (χ0n) is 9.90. The smallest absolute Gasteiger partial charge is 0.129 e. The monoisotopic (exact) mass is 311 g/mol. The summed E-state index contributed by atoms with van der Waals surface area (Å²) in [4.78, 5) is 0.299. The van der Waals surface area contributed by atoms with E-state index >= 15 is 0 Å². The van der Waals surface area contributed by atoms with Gasteiger partial charge in [-0.2, -0.15) is 0 Å². The molecule has 2 nitrogen and oxygen atoms in total. The second-order valence-electron chi connectivity index (χ2n) is 3.88. The molecule has 98 valence electrons. The number of rotatable bonds is 4. The number of hydrogen-bond donors (Lipinski definition) is 1. The van der Waals surface area contributed by atoms with E-state index < -0.39 is 0 Å². The molecule has 0 amide bonds. The molecule has 0 spiro atoms. The van der Waals surface area contributed by atoms with Gasteiger partial charge in [0.25, 0.3) is 0 Å². The molecule has 0 fully saturated rings. The number of benzene rings is 2. The number of para-hydroxylation sites is 1. The summed E-state index contributed by atoms with van der Waals surface area (Å²) >= 11 is 17.0. The normalized spacial score (nSPS) is 10.2. The third kappa shape index (κ3) is 3.60. The van der Waals surface area contributed by atoms with Gasteiger partial charge in [-0.25, -0.2) is 0 Å². The number of thiocarbonyl (C=S) groups is 1. The van der Waals surface area contributed by atoms with E-state index in [0.29, 0.717) is 33.0 Å². The standard InChI is InChI=1S/C14H11Cl2NOS/c15-10-5-6-12(16)9(7-10)8-18-13-4-2-1-3-11(13)14(17)19/h1-7H,8H2,(H2,17,19). The van der Waals surface area contributed by atoms with Crippen LogP contribution in [0.4, 0.5) is 0 Å². The maximum Gasteiger partial charge on any atom is 0.129 e. The van der Waals surface area contributed by atoms with Crippen molar-refractivity contribution in [3.63, 3.8) is 0 Å². The molecular weight excluding hydrogens is 301 g/mol. The van der Waals surface area contributed by atoms with E-state index in [1.54, 1.807) is 18.2 Å². The Kier molecular flexibility index (Phi) is 4.64. The molecule has 0 unspecified atom stereocenters. The highest BCUT2D eigenvalue weighted by Gasteiger charge is 2.07. The van der Waals surface area contributed by atoms with E-state index in [9.17, 15) is 0 Å². The van der Waals surface area contributed by atoms with Crippen LogP contribution in [-0.2, 0) is 6.61 Å². The summed E-state index contributed by atoms with van der Waals surface area (Å²) in [5.74, 6) is 0.631. The maximum absolute atomic E-state index is 6.08. The fraction of sp³-hybridized carbons (Fsp3) is 0.0714. The Morgan fingerprint density at radius 1 is 1.16 bits per heavy atom. The van der Waals surface area contributed by atoms with Crippen LogP contribution in [0.5, 0.6) is 5.75 Å². The number of ether oxygens (including phenoxy) is 1. The molecule has 2 N–H and O–H groups in total. The average Bonchev–Trinajstić information content (AvgIpc) is 2.40. The summed E-state index contributed by atoms with van der Waals surface area (Å²) in [6.07, 6.45) is 0. The fourth-order valence-electron chi connectivity index (χ4n) is 1.61. The molecule has 0 saturated heterocycles. The first-order valence-electron chi connectivity index (χ1n) is 5.53. The molecule has 0 aliphatic rings. The predicted molar refractivity (Wildman–Crippen MR) is 83.1 cm³/mol. The molecule has 0 bridgehead atoms. The van der Waals surface area contributed by atoms with Gasteiger partial charge >= 0.3 is 0 Å². The molecule has 2 aromatic carbocycles. The van der Waals surface area contributed by atoms with Crippen molar-refractivity contribution in [2.75, 3.05) is 0 Å². The Morgan fingerprint density at radius 2 is 1.89 bits per heavy atom. The van der Waals surface area contributed by atoms with Crippen molar-refractivity contribution < 1.29 is 4.74 Å². The van der Waals surface area contributed by atoms with Gasteiger partial charge in [0, 0.05) is 15.6 Å². The second kappa shape index (κ2) is 6.24. The van der Waals surface area contributed by atoms with Crippen molar-refractivity contribution >= 4 is 40.4 Å². The quantitative estimate of drug-likeness (QED) is 0.859. The van der Waals surface area contributed by atoms with Crippen molar-refractivity contribution in [3.8, 4) is 5.75 Å². The van der Waals surface area contributed by atoms with Crippen molar-refractivity contribution in [1.29, 1.82) is 0 Å². The lowest BCUT2D eigenvalue weighted by molar-refractivity contribution is 0.306. The van der Waals surface area contributed by atoms with Gasteiger partial charge in [-0.05, 0) is 30.3 Å². The first-order chi connectivity index (χ1) is 9.08. The molecule has 0 aliphatic carbocycles. The van der Waals surface area contributed by atoms with Gasteiger partial charge in [-0.15, -0.1) is 0 Å². The molecule has 0 heterocycles. The summed E-state index contributed by atoms with van der Waals surface area (Å²) < 4.78 is 5.71. The largest absolute Gasteiger partial charge is 0.488 e. The van der Waals surface area contributed by atoms with E-state index in [0.717, 1.165) is 5.56 Å². The van der Waals surface area contributed by atoms with E-state index in [1.165, 1.54) is 0 Å². The highest BCUT2D eigenvalue weighted by molar-refractivity contribution is 7.80. The summed E-state index contributed by atoms with van der Waals surface area (Å²) in [7, 11) is 0. The Morgan fingerprint density at radius 3 is 2.63 bits per heavy atom. The second-order valence-corrected chi connectivity index (χ2v) is 5.17. The SMILES string of the molecule is NC(=S)c1ccccc1OCc1cc(Cl)ccc1Cl. The topological polar surface area (TPSA) is 35.2 Å². The van der Waals surface area contributed by atoms with Crippen molar-refractivity contribution in [3.05, 3.63) is 63.6 Å². The number of halogens is 2. The Hall–Kier alpha value is -1.29. The van der Waals surface area contributed by atoms with Crippen LogP contribution in [0.25, 0.3) is 0 Å². The van der Waals surface area contributed by atoms with Gasteiger partial charge in [0.05, 0.1) is 5.56 Å². The van der Waals surface area contributed by atoms with Crippen LogP contribution >= 0.6 is 35.4 Å². The predicted octanol–water partition coefficient (Wildman–Crippen LogP) is 4.21. The lowest BCUT2D eigenvalue weighted by Crippen LogP contribution is -2.11. The highest BCUT2D eigenvalue weighted by atomic mass is 35.5. The molecule has 0 radical (unpaired) electrons. The molecule has 2 rings (SSSR count). The number of nitrogens with two attached hydrogens (primary N) is 1. The van der Waals surface area contributed by atoms with Crippen LogP contribution in [0.1, 0.15) is 11.1 Å². The van der Waals surface area contributed by atoms with Crippen LogP contribution in [0.2, 0.25) is 10.0 Å². The van der Waals surface area contributed by atoms with Gasteiger partial charge in [0.2, 0.25) is 0 Å². The van der Waals surface area contributed by atoms with E-state index in [1.807, 2.05) is 24.3 Å². The minimum Gasteiger partial charge on any atom is -0.488 e. The molecule has 0 aromatic heterocycles. The van der Waals surface area contributed by atoms with Gasteiger partial charge < -0.3 is 10.5 Å². The van der Waals surface area contributed by atoms with Crippen molar-refractivity contribution in [2.45, 2.75) is 6.61 Å². The average molecular weight is 312 g/mol. The van der Waals surface area contributed by atoms with Crippen LogP contribution in [-0.4, -0.2) is 4.99 Å². The lowest BCUT2D eigenvalue weighted by atomic mass is 10.2. The molecule has 0 atom stereocenters. The minimum absolute atomic E-state index is 0.299. The first-order valence-corrected chi connectivity index (χ1v) is 6.70. The van der Waals surface area contributed by atoms with E-state index in [2.05, 4.69) is 0 Å². The maximum atomic E-state index is 6.08. The summed E-state index contributed by atoms with van der Waals surface area (Å²) in [6, 6.07) is 12.6. The highest BCUT2D eigenvalue weighted by Crippen LogP contribution is 2.24. The van der Waals surface area contributed by atoms with Crippen LogP contribution in [0.15, 0.2) is 42.5 Å². The zero-order chi connectivity index (χ0) is 13.8. The summed E-state index contributed by atoms with van der Waals surface area (Å²) in [5.41, 5.74) is 7.16. The van der Waals surface area contributed by atoms with Gasteiger partial charge in [-0.1, -0.05) is 47.6 Å². The van der Waals surface area contributed by atoms with E-state index in [-0.39, 0.29) is 0 Å². The van der Waals surface area contributed by atoms with E-state index in [4.69, 9.17) is 45.9 Å². The molecule has 0 aliphatic heterocycles. The molecular formula is C14H11Cl2NOS. The zero-order valence-corrected chi connectivity index (χ0v) is 12.2. The summed E-state index contributed by atoms with van der Waals surface area (Å²) in [5, 5.41) is 1.22. The van der Waals surface area contributed by atoms with Gasteiger partial charge in [-0.3, -0.25) is 0 Å². The van der Waals surface area contributed by atoms with Crippen LogP contribution in [0.3, 0.4) is 0 Å². The Balaban J connectivity index is 2.19. The molecule has 0 saturated carbocycles.